The zero-order chi connectivity index (χ0) is 19.8. The molecule has 1 N–H and O–H groups in total. The average molecular weight is 428 g/mol. The maximum Gasteiger partial charge on any atom is 0.272 e. The number of nitrogens with one attached hydrogen (secondary N) is 1. The summed E-state index contributed by atoms with van der Waals surface area (Å²) < 4.78 is 0.752. The molecule has 3 rings (SSSR count). The van der Waals surface area contributed by atoms with Gasteiger partial charge in [0.15, 0.2) is 0 Å². The lowest BCUT2D eigenvalue weighted by molar-refractivity contribution is 0.0954. The number of amides is 1. The molecule has 1 unspecified atom stereocenters. The normalized spacial score (nSPS) is 18.4. The van der Waals surface area contributed by atoms with E-state index in [2.05, 4.69) is 78.2 Å². The quantitative estimate of drug-likeness (QED) is 0.537. The SMILES string of the molecule is Cc1cc2c(cc1/C=N\NC(=O)c1ccccc1Br)C(C)CC(C)(C)N2C. The minimum Gasteiger partial charge on any atom is -0.369 e. The second kappa shape index (κ2) is 7.47. The molecule has 1 heterocycles. The number of halogens is 1. The third kappa shape index (κ3) is 3.93. The van der Waals surface area contributed by atoms with Crippen LogP contribution in [0.4, 0.5) is 5.69 Å². The van der Waals surface area contributed by atoms with Crippen molar-refractivity contribution in [2.45, 2.75) is 45.6 Å². The van der Waals surface area contributed by atoms with Gasteiger partial charge in [-0.15, -0.1) is 0 Å². The Morgan fingerprint density at radius 1 is 1.33 bits per heavy atom. The predicted octanol–water partition coefficient (Wildman–Crippen LogP) is 5.24. The molecule has 0 saturated carbocycles. The first-order chi connectivity index (χ1) is 12.7. The van der Waals surface area contributed by atoms with Gasteiger partial charge in [0.2, 0.25) is 0 Å². The summed E-state index contributed by atoms with van der Waals surface area (Å²) in [6.07, 6.45) is 2.84. The number of nitrogens with zero attached hydrogens (tertiary/aromatic N) is 2. The van der Waals surface area contributed by atoms with Crippen LogP contribution < -0.4 is 10.3 Å². The Kier molecular flexibility index (Phi) is 5.43. The number of hydrogen-bond acceptors (Lipinski definition) is 3. The van der Waals surface area contributed by atoms with E-state index >= 15 is 0 Å². The summed E-state index contributed by atoms with van der Waals surface area (Å²) in [5.74, 6) is 0.248. The van der Waals surface area contributed by atoms with Crippen LogP contribution in [-0.4, -0.2) is 24.7 Å². The molecule has 1 atom stereocenters. The van der Waals surface area contributed by atoms with E-state index < -0.39 is 0 Å². The molecule has 4 nitrogen and oxygen atoms in total. The molecule has 0 aromatic heterocycles. The van der Waals surface area contributed by atoms with Crippen LogP contribution in [0.15, 0.2) is 46.0 Å². The second-order valence-corrected chi connectivity index (χ2v) is 8.78. The molecule has 0 fully saturated rings. The summed E-state index contributed by atoms with van der Waals surface area (Å²) in [7, 11) is 2.16. The highest BCUT2D eigenvalue weighted by atomic mass is 79.9. The lowest BCUT2D eigenvalue weighted by Crippen LogP contribution is -2.45. The fourth-order valence-electron chi connectivity index (χ4n) is 3.74. The molecule has 5 heteroatoms. The van der Waals surface area contributed by atoms with E-state index in [0.717, 1.165) is 22.0 Å². The minimum absolute atomic E-state index is 0.144. The molecule has 0 spiro atoms. The number of benzene rings is 2. The average Bonchev–Trinajstić information content (AvgIpc) is 2.60. The molecule has 2 aromatic rings. The van der Waals surface area contributed by atoms with Crippen LogP contribution in [0, 0.1) is 6.92 Å². The summed E-state index contributed by atoms with van der Waals surface area (Å²) in [6.45, 7) is 8.93. The van der Waals surface area contributed by atoms with Gasteiger partial charge in [0.25, 0.3) is 5.91 Å². The van der Waals surface area contributed by atoms with Crippen LogP contribution in [-0.2, 0) is 0 Å². The molecule has 0 saturated heterocycles. The van der Waals surface area contributed by atoms with Crippen molar-refractivity contribution in [2.24, 2.45) is 5.10 Å². The fraction of sp³-hybridized carbons (Fsp3) is 0.364. The first-order valence-electron chi connectivity index (χ1n) is 9.17. The van der Waals surface area contributed by atoms with Gasteiger partial charge in [-0.25, -0.2) is 5.43 Å². The Bertz CT molecular complexity index is 904. The van der Waals surface area contributed by atoms with Gasteiger partial charge in [-0.1, -0.05) is 19.1 Å². The van der Waals surface area contributed by atoms with Crippen molar-refractivity contribution in [3.8, 4) is 0 Å². The summed E-state index contributed by atoms with van der Waals surface area (Å²) in [4.78, 5) is 14.6. The van der Waals surface area contributed by atoms with E-state index in [1.54, 1.807) is 12.3 Å². The molecule has 0 bridgehead atoms. The molecular weight excluding hydrogens is 402 g/mol. The molecule has 27 heavy (non-hydrogen) atoms. The van der Waals surface area contributed by atoms with Crippen molar-refractivity contribution >= 4 is 33.7 Å². The number of fused-ring (bicyclic) bond motifs is 1. The van der Waals surface area contributed by atoms with Gasteiger partial charge in [0.1, 0.15) is 0 Å². The smallest absolute Gasteiger partial charge is 0.272 e. The zero-order valence-electron chi connectivity index (χ0n) is 16.5. The Hall–Kier alpha value is -2.14. The van der Waals surface area contributed by atoms with E-state index in [1.165, 1.54) is 11.3 Å². The number of aryl methyl sites for hydroxylation is 1. The molecule has 2 aromatic carbocycles. The van der Waals surface area contributed by atoms with Gasteiger partial charge in [0, 0.05) is 22.7 Å². The van der Waals surface area contributed by atoms with Crippen molar-refractivity contribution in [1.29, 1.82) is 0 Å². The number of carbonyl (C=O) groups excluding carboxylic acids is 1. The monoisotopic (exact) mass is 427 g/mol. The van der Waals surface area contributed by atoms with Gasteiger partial charge < -0.3 is 4.90 Å². The zero-order valence-corrected chi connectivity index (χ0v) is 18.1. The van der Waals surface area contributed by atoms with Crippen LogP contribution in [0.1, 0.15) is 60.2 Å². The van der Waals surface area contributed by atoms with Crippen LogP contribution in [0.3, 0.4) is 0 Å². The van der Waals surface area contributed by atoms with Crippen molar-refractivity contribution in [3.63, 3.8) is 0 Å². The van der Waals surface area contributed by atoms with Gasteiger partial charge in [-0.3, -0.25) is 4.79 Å². The van der Waals surface area contributed by atoms with E-state index in [4.69, 9.17) is 0 Å². The largest absolute Gasteiger partial charge is 0.369 e. The molecule has 1 aliphatic heterocycles. The highest BCUT2D eigenvalue weighted by molar-refractivity contribution is 9.10. The number of hydrazone groups is 1. The number of rotatable bonds is 3. The first kappa shape index (κ1) is 19.6. The first-order valence-corrected chi connectivity index (χ1v) is 9.96. The lowest BCUT2D eigenvalue weighted by atomic mass is 9.79. The fourth-order valence-corrected chi connectivity index (χ4v) is 4.20. The standard InChI is InChI=1S/C22H26BrN3O/c1-14-10-20-18(15(2)12-22(3,4)26(20)5)11-16(14)13-24-25-21(27)17-8-6-7-9-19(17)23/h6-11,13,15H,12H2,1-5H3,(H,25,27)/b24-13-. The molecule has 0 aliphatic carbocycles. The van der Waals surface area contributed by atoms with Crippen LogP contribution in [0.5, 0.6) is 0 Å². The summed E-state index contributed by atoms with van der Waals surface area (Å²) >= 11 is 3.39. The van der Waals surface area contributed by atoms with E-state index in [-0.39, 0.29) is 11.4 Å². The molecule has 142 valence electrons. The summed E-state index contributed by atoms with van der Waals surface area (Å²) in [6, 6.07) is 11.7. The van der Waals surface area contributed by atoms with Crippen molar-refractivity contribution in [3.05, 3.63) is 63.1 Å². The Balaban J connectivity index is 1.82. The molecule has 0 radical (unpaired) electrons. The predicted molar refractivity (Wildman–Crippen MR) is 116 cm³/mol. The van der Waals surface area contributed by atoms with Crippen molar-refractivity contribution in [1.82, 2.24) is 5.43 Å². The number of anilines is 1. The Morgan fingerprint density at radius 3 is 2.74 bits per heavy atom. The van der Waals surface area contributed by atoms with Gasteiger partial charge >= 0.3 is 0 Å². The summed E-state index contributed by atoms with van der Waals surface area (Å²) in [5, 5.41) is 4.18. The highest BCUT2D eigenvalue weighted by Crippen LogP contribution is 2.43. The van der Waals surface area contributed by atoms with Crippen LogP contribution >= 0.6 is 15.9 Å². The van der Waals surface area contributed by atoms with Crippen molar-refractivity contribution in [2.75, 3.05) is 11.9 Å². The van der Waals surface area contributed by atoms with Crippen LogP contribution in [0.2, 0.25) is 0 Å². The van der Waals surface area contributed by atoms with Crippen LogP contribution in [0.25, 0.3) is 0 Å². The maximum atomic E-state index is 12.3. The molecular formula is C22H26BrN3O. The second-order valence-electron chi connectivity index (χ2n) is 7.92. The number of carbonyl (C=O) groups is 1. The van der Waals surface area contributed by atoms with Gasteiger partial charge in [-0.05, 0) is 90.0 Å². The molecule has 1 aliphatic rings. The third-order valence-electron chi connectivity index (χ3n) is 5.51. The van der Waals surface area contributed by atoms with E-state index in [0.29, 0.717) is 11.5 Å². The number of hydrogen-bond donors (Lipinski definition) is 1. The van der Waals surface area contributed by atoms with Gasteiger partial charge in [-0.2, -0.15) is 5.10 Å². The van der Waals surface area contributed by atoms with E-state index in [9.17, 15) is 4.79 Å². The van der Waals surface area contributed by atoms with Crippen molar-refractivity contribution < 1.29 is 4.79 Å². The Morgan fingerprint density at radius 2 is 2.04 bits per heavy atom. The highest BCUT2D eigenvalue weighted by Gasteiger charge is 2.34. The lowest BCUT2D eigenvalue weighted by Gasteiger charge is -2.45. The Labute approximate surface area is 169 Å². The minimum atomic E-state index is -0.232. The van der Waals surface area contributed by atoms with Gasteiger partial charge in [0.05, 0.1) is 11.8 Å². The maximum absolute atomic E-state index is 12.3. The third-order valence-corrected chi connectivity index (χ3v) is 6.20. The summed E-state index contributed by atoms with van der Waals surface area (Å²) in [5.41, 5.74) is 8.12. The topological polar surface area (TPSA) is 44.7 Å². The molecule has 1 amide bonds. The van der Waals surface area contributed by atoms with E-state index in [1.807, 2.05) is 18.2 Å².